The summed E-state index contributed by atoms with van der Waals surface area (Å²) in [5.74, 6) is 1.12. The van der Waals surface area contributed by atoms with Crippen LogP contribution in [-0.2, 0) is 6.54 Å². The molecule has 2 aromatic heterocycles. The monoisotopic (exact) mass is 353 g/mol. The molecule has 0 fully saturated rings. The number of aromatic nitrogens is 4. The lowest BCUT2D eigenvalue weighted by molar-refractivity contribution is 0.354. The van der Waals surface area contributed by atoms with E-state index >= 15 is 0 Å². The van der Waals surface area contributed by atoms with Crippen molar-refractivity contribution in [1.29, 1.82) is 0 Å². The van der Waals surface area contributed by atoms with Crippen molar-refractivity contribution >= 4 is 40.3 Å². The summed E-state index contributed by atoms with van der Waals surface area (Å²) < 4.78 is 12.3. The van der Waals surface area contributed by atoms with Gasteiger partial charge in [0.05, 0.1) is 32.1 Å². The zero-order valence-corrected chi connectivity index (χ0v) is 13.9. The van der Waals surface area contributed by atoms with Gasteiger partial charge < -0.3 is 19.8 Å². The van der Waals surface area contributed by atoms with Crippen molar-refractivity contribution in [3.05, 3.63) is 34.2 Å². The van der Waals surface area contributed by atoms with Gasteiger partial charge in [0.15, 0.2) is 22.3 Å². The van der Waals surface area contributed by atoms with E-state index in [0.29, 0.717) is 34.2 Å². The minimum absolute atomic E-state index is 0.0858. The Balaban J connectivity index is 2.06. The summed E-state index contributed by atoms with van der Waals surface area (Å²) in [6.45, 7) is 0.419. The quantitative estimate of drug-likeness (QED) is 0.725. The molecule has 9 heteroatoms. The average molecular weight is 354 g/mol. The number of nitrogens with zero attached hydrogens (tertiary/aromatic N) is 4. The van der Waals surface area contributed by atoms with E-state index in [0.717, 1.165) is 5.56 Å². The molecule has 7 nitrogen and oxygen atoms in total. The maximum Gasteiger partial charge on any atom is 0.223 e. The van der Waals surface area contributed by atoms with Gasteiger partial charge in [-0.2, -0.15) is 9.97 Å². The number of ether oxygens (including phenoxy) is 2. The second-order valence-corrected chi connectivity index (χ2v) is 5.43. The molecule has 120 valence electrons. The summed E-state index contributed by atoms with van der Waals surface area (Å²) in [7, 11) is 3.09. The van der Waals surface area contributed by atoms with Crippen molar-refractivity contribution in [3.8, 4) is 11.5 Å². The first-order valence-electron chi connectivity index (χ1n) is 6.58. The molecule has 0 atom stereocenters. The summed E-state index contributed by atoms with van der Waals surface area (Å²) >= 11 is 12.4. The number of methoxy groups -OCH3 is 2. The predicted molar refractivity (Wildman–Crippen MR) is 88.4 cm³/mol. The van der Waals surface area contributed by atoms with Crippen LogP contribution in [0.5, 0.6) is 11.5 Å². The number of hydrogen-bond acceptors (Lipinski definition) is 6. The fraction of sp³-hybridized carbons (Fsp3) is 0.214. The van der Waals surface area contributed by atoms with Gasteiger partial charge in [0.25, 0.3) is 0 Å². The van der Waals surface area contributed by atoms with Crippen LogP contribution in [0.4, 0.5) is 5.95 Å². The number of rotatable bonds is 4. The lowest BCUT2D eigenvalue weighted by Crippen LogP contribution is -2.03. The molecule has 0 aliphatic heterocycles. The second kappa shape index (κ2) is 6.10. The van der Waals surface area contributed by atoms with Gasteiger partial charge in [0.2, 0.25) is 5.95 Å². The van der Waals surface area contributed by atoms with Gasteiger partial charge in [-0.05, 0) is 11.6 Å². The van der Waals surface area contributed by atoms with Crippen molar-refractivity contribution in [1.82, 2.24) is 19.5 Å². The summed E-state index contributed by atoms with van der Waals surface area (Å²) in [6, 6.07) is 3.64. The highest BCUT2D eigenvalue weighted by Gasteiger charge is 2.16. The van der Waals surface area contributed by atoms with Gasteiger partial charge in [-0.3, -0.25) is 0 Å². The Kier molecular flexibility index (Phi) is 4.14. The first-order valence-corrected chi connectivity index (χ1v) is 7.34. The number of nitrogen functional groups attached to an aromatic ring is 1. The van der Waals surface area contributed by atoms with Crippen LogP contribution >= 0.6 is 23.2 Å². The van der Waals surface area contributed by atoms with Gasteiger partial charge in [-0.15, -0.1) is 0 Å². The summed E-state index contributed by atoms with van der Waals surface area (Å²) in [5, 5.41) is 0.673. The first kappa shape index (κ1) is 15.6. The van der Waals surface area contributed by atoms with Gasteiger partial charge in [-0.25, -0.2) is 4.98 Å². The van der Waals surface area contributed by atoms with E-state index in [1.807, 2.05) is 6.07 Å². The molecule has 0 aliphatic carbocycles. The van der Waals surface area contributed by atoms with Crippen LogP contribution in [-0.4, -0.2) is 33.7 Å². The predicted octanol–water partition coefficient (Wildman–Crippen LogP) is 2.78. The van der Waals surface area contributed by atoms with Gasteiger partial charge >= 0.3 is 0 Å². The third-order valence-corrected chi connectivity index (χ3v) is 4.02. The summed E-state index contributed by atoms with van der Waals surface area (Å²) in [6.07, 6.45) is 1.61. The fourth-order valence-corrected chi connectivity index (χ4v) is 2.79. The van der Waals surface area contributed by atoms with Crippen LogP contribution in [0.25, 0.3) is 11.2 Å². The average Bonchev–Trinajstić information content (AvgIpc) is 2.92. The van der Waals surface area contributed by atoms with E-state index in [2.05, 4.69) is 15.0 Å². The molecule has 0 saturated heterocycles. The smallest absolute Gasteiger partial charge is 0.223 e. The molecule has 2 heterocycles. The van der Waals surface area contributed by atoms with Gasteiger partial charge in [0.1, 0.15) is 5.52 Å². The Morgan fingerprint density at radius 1 is 1.17 bits per heavy atom. The number of halogens is 2. The standard InChI is InChI=1S/C14H13Cl2N5O2/c1-22-8-4-3-7(9(15)11(8)23-2)5-21-6-18-10-12(16)19-14(17)20-13(10)21/h3-4,6H,5H2,1-2H3,(H2,17,19,20). The minimum atomic E-state index is 0.0858. The lowest BCUT2D eigenvalue weighted by Gasteiger charge is -2.13. The van der Waals surface area contributed by atoms with E-state index in [-0.39, 0.29) is 11.1 Å². The topological polar surface area (TPSA) is 88.1 Å². The first-order chi connectivity index (χ1) is 11.0. The maximum atomic E-state index is 6.40. The van der Waals surface area contributed by atoms with Crippen LogP contribution in [0.2, 0.25) is 10.2 Å². The number of nitrogens with two attached hydrogens (primary N) is 1. The highest BCUT2D eigenvalue weighted by atomic mass is 35.5. The highest BCUT2D eigenvalue weighted by Crippen LogP contribution is 2.37. The molecule has 2 N–H and O–H groups in total. The number of imidazole rings is 1. The van der Waals surface area contributed by atoms with Crippen LogP contribution in [0.15, 0.2) is 18.5 Å². The Morgan fingerprint density at radius 3 is 2.65 bits per heavy atom. The molecule has 1 aromatic carbocycles. The Labute approximate surface area is 142 Å². The van der Waals surface area contributed by atoms with Gasteiger partial charge in [-0.1, -0.05) is 29.3 Å². The van der Waals surface area contributed by atoms with E-state index in [9.17, 15) is 0 Å². The van der Waals surface area contributed by atoms with Crippen LogP contribution < -0.4 is 15.2 Å². The van der Waals surface area contributed by atoms with Crippen molar-refractivity contribution < 1.29 is 9.47 Å². The van der Waals surface area contributed by atoms with Crippen molar-refractivity contribution in [2.45, 2.75) is 6.54 Å². The van der Waals surface area contributed by atoms with Crippen molar-refractivity contribution in [2.24, 2.45) is 0 Å². The molecule has 0 bridgehead atoms. The highest BCUT2D eigenvalue weighted by molar-refractivity contribution is 6.33. The molecule has 0 spiro atoms. The molecule has 0 saturated carbocycles. The summed E-state index contributed by atoms with van der Waals surface area (Å²) in [4.78, 5) is 12.3. The third kappa shape index (κ3) is 2.73. The van der Waals surface area contributed by atoms with Crippen molar-refractivity contribution in [2.75, 3.05) is 20.0 Å². The third-order valence-electron chi connectivity index (χ3n) is 3.34. The van der Waals surface area contributed by atoms with Crippen LogP contribution in [0, 0.1) is 0 Å². The fourth-order valence-electron chi connectivity index (χ4n) is 2.28. The molecule has 3 aromatic rings. The van der Waals surface area contributed by atoms with E-state index in [1.54, 1.807) is 24.1 Å². The Morgan fingerprint density at radius 2 is 1.96 bits per heavy atom. The molecular weight excluding hydrogens is 341 g/mol. The zero-order chi connectivity index (χ0) is 16.6. The van der Waals surface area contributed by atoms with E-state index in [1.165, 1.54) is 7.11 Å². The Hall–Kier alpha value is -2.25. The van der Waals surface area contributed by atoms with E-state index in [4.69, 9.17) is 38.4 Å². The largest absolute Gasteiger partial charge is 0.493 e. The zero-order valence-electron chi connectivity index (χ0n) is 12.4. The van der Waals surface area contributed by atoms with Crippen LogP contribution in [0.3, 0.4) is 0 Å². The second-order valence-electron chi connectivity index (χ2n) is 4.69. The molecule has 0 unspecified atom stereocenters. The van der Waals surface area contributed by atoms with Gasteiger partial charge in [0, 0.05) is 0 Å². The van der Waals surface area contributed by atoms with Crippen LogP contribution in [0.1, 0.15) is 5.56 Å². The van der Waals surface area contributed by atoms with E-state index < -0.39 is 0 Å². The Bertz CT molecular complexity index is 881. The number of benzene rings is 1. The van der Waals surface area contributed by atoms with Crippen molar-refractivity contribution in [3.63, 3.8) is 0 Å². The summed E-state index contributed by atoms with van der Waals surface area (Å²) in [5.41, 5.74) is 7.49. The number of hydrogen-bond donors (Lipinski definition) is 1. The maximum absolute atomic E-state index is 6.40. The molecule has 0 aliphatic rings. The number of fused-ring (bicyclic) bond motifs is 1. The minimum Gasteiger partial charge on any atom is -0.493 e. The SMILES string of the molecule is COc1ccc(Cn2cnc3c(Cl)nc(N)nc32)c(Cl)c1OC. The molecular formula is C14H13Cl2N5O2. The normalized spacial score (nSPS) is 11.0. The molecule has 23 heavy (non-hydrogen) atoms. The lowest BCUT2D eigenvalue weighted by atomic mass is 10.2. The molecule has 0 amide bonds. The molecule has 0 radical (unpaired) electrons. The number of anilines is 1. The molecule has 3 rings (SSSR count).